The van der Waals surface area contributed by atoms with Crippen LogP contribution in [-0.4, -0.2) is 38.5 Å². The van der Waals surface area contributed by atoms with Crippen LogP contribution in [0.3, 0.4) is 0 Å². The monoisotopic (exact) mass is 466 g/mol. The lowest BCUT2D eigenvalue weighted by atomic mass is 9.46. The number of hydrogen-bond donors (Lipinski definition) is 1. The Bertz CT molecular complexity index is 1090. The molecular formula is C29H38O5. The number of fused-ring (bicyclic) bond motifs is 2. The van der Waals surface area contributed by atoms with Crippen molar-refractivity contribution in [1.82, 2.24) is 0 Å². The van der Waals surface area contributed by atoms with Gasteiger partial charge in [0, 0.05) is 10.8 Å². The first kappa shape index (κ1) is 24.6. The normalized spacial score (nSPS) is 31.1. The van der Waals surface area contributed by atoms with Crippen LogP contribution in [0.15, 0.2) is 42.5 Å². The number of aliphatic hydroxyl groups is 1. The second kappa shape index (κ2) is 9.26. The van der Waals surface area contributed by atoms with Crippen LogP contribution in [0.1, 0.15) is 51.5 Å². The zero-order valence-corrected chi connectivity index (χ0v) is 21.1. The summed E-state index contributed by atoms with van der Waals surface area (Å²) in [4.78, 5) is 12.8. The second-order valence-electron chi connectivity index (χ2n) is 10.6. The Balaban J connectivity index is 1.64. The van der Waals surface area contributed by atoms with E-state index in [1.54, 1.807) is 14.2 Å². The number of aryl methyl sites for hydroxylation is 1. The molecule has 0 spiro atoms. The van der Waals surface area contributed by atoms with Crippen molar-refractivity contribution in [2.45, 2.75) is 58.5 Å². The highest BCUT2D eigenvalue weighted by Gasteiger charge is 2.59. The number of esters is 1. The predicted molar refractivity (Wildman–Crippen MR) is 134 cm³/mol. The van der Waals surface area contributed by atoms with E-state index in [9.17, 15) is 9.90 Å². The third-order valence-electron chi connectivity index (χ3n) is 8.92. The molecular weight excluding hydrogens is 428 g/mol. The highest BCUT2D eigenvalue weighted by Crippen LogP contribution is 2.62. The van der Waals surface area contributed by atoms with Crippen LogP contribution in [0.2, 0.25) is 0 Å². The summed E-state index contributed by atoms with van der Waals surface area (Å²) in [5.74, 6) is 1.69. The van der Waals surface area contributed by atoms with E-state index in [-0.39, 0.29) is 23.2 Å². The number of carbonyl (C=O) groups is 1. The fourth-order valence-corrected chi connectivity index (χ4v) is 7.05. The van der Waals surface area contributed by atoms with Crippen molar-refractivity contribution in [3.8, 4) is 11.5 Å². The first-order valence-corrected chi connectivity index (χ1v) is 12.3. The van der Waals surface area contributed by atoms with Crippen molar-refractivity contribution in [3.05, 3.63) is 48.0 Å². The number of rotatable bonds is 6. The van der Waals surface area contributed by atoms with E-state index >= 15 is 0 Å². The van der Waals surface area contributed by atoms with Gasteiger partial charge in [-0.25, -0.2) is 0 Å². The number of hydrogen-bond acceptors (Lipinski definition) is 5. The van der Waals surface area contributed by atoms with Crippen LogP contribution in [-0.2, 0) is 16.0 Å². The van der Waals surface area contributed by atoms with E-state index in [4.69, 9.17) is 14.2 Å². The van der Waals surface area contributed by atoms with Gasteiger partial charge >= 0.3 is 5.97 Å². The molecule has 2 aliphatic carbocycles. The predicted octanol–water partition coefficient (Wildman–Crippen LogP) is 5.71. The van der Waals surface area contributed by atoms with Gasteiger partial charge in [0.2, 0.25) is 0 Å². The van der Waals surface area contributed by atoms with E-state index in [1.807, 2.05) is 19.1 Å². The maximum atomic E-state index is 12.8. The molecule has 0 aliphatic heterocycles. The number of benzene rings is 2. The molecule has 0 amide bonds. The third-order valence-corrected chi connectivity index (χ3v) is 8.92. The molecule has 34 heavy (non-hydrogen) atoms. The molecule has 5 heteroatoms. The summed E-state index contributed by atoms with van der Waals surface area (Å²) < 4.78 is 16.4. The molecule has 0 heterocycles. The summed E-state index contributed by atoms with van der Waals surface area (Å²) in [5.41, 5.74) is 1.44. The first-order chi connectivity index (χ1) is 16.2. The van der Waals surface area contributed by atoms with Crippen LogP contribution >= 0.6 is 0 Å². The molecule has 0 unspecified atom stereocenters. The quantitative estimate of drug-likeness (QED) is 0.436. The summed E-state index contributed by atoms with van der Waals surface area (Å²) >= 11 is 0. The molecule has 2 aromatic carbocycles. The van der Waals surface area contributed by atoms with Gasteiger partial charge in [-0.3, -0.25) is 4.79 Å². The standard InChI is InChI=1S/C29H38O5/c1-18-22(28(2)14-7-15-29(3,27(31)34-6)26(28)17-23(18)30)11-9-19-8-10-20-21(16-19)25(33-5)13-12-24(20)32-4/h8,10,12-13,16,22-23,26,30H,1,7,9,11,14-15,17H2,2-6H3/t22-,23+,26+,28+,29-/m0/s1. The summed E-state index contributed by atoms with van der Waals surface area (Å²) in [6, 6.07) is 10.3. The molecule has 0 radical (unpaired) electrons. The lowest BCUT2D eigenvalue weighted by Gasteiger charge is -2.58. The van der Waals surface area contributed by atoms with Crippen molar-refractivity contribution < 1.29 is 24.1 Å². The van der Waals surface area contributed by atoms with E-state index in [1.165, 1.54) is 12.7 Å². The summed E-state index contributed by atoms with van der Waals surface area (Å²) in [5, 5.41) is 13.0. The Morgan fingerprint density at radius 3 is 2.38 bits per heavy atom. The van der Waals surface area contributed by atoms with E-state index in [0.29, 0.717) is 6.42 Å². The maximum Gasteiger partial charge on any atom is 0.311 e. The molecule has 2 aliphatic rings. The molecule has 2 aromatic rings. The van der Waals surface area contributed by atoms with Crippen molar-refractivity contribution >= 4 is 16.7 Å². The topological polar surface area (TPSA) is 65.0 Å². The molecule has 0 aromatic heterocycles. The van der Waals surface area contributed by atoms with Gasteiger partial charge in [0.05, 0.1) is 32.8 Å². The molecule has 1 N–H and O–H groups in total. The Hall–Kier alpha value is -2.53. The molecule has 5 atom stereocenters. The number of ether oxygens (including phenoxy) is 3. The minimum absolute atomic E-state index is 0.0626. The van der Waals surface area contributed by atoms with Crippen LogP contribution in [0.4, 0.5) is 0 Å². The molecule has 2 fully saturated rings. The molecule has 2 saturated carbocycles. The third kappa shape index (κ3) is 3.88. The number of aliphatic hydroxyl groups excluding tert-OH is 1. The molecule has 0 bridgehead atoms. The van der Waals surface area contributed by atoms with Crippen LogP contribution in [0.25, 0.3) is 10.8 Å². The highest BCUT2D eigenvalue weighted by atomic mass is 16.5. The molecule has 0 saturated heterocycles. The van der Waals surface area contributed by atoms with Gasteiger partial charge in [0.25, 0.3) is 0 Å². The molecule has 184 valence electrons. The van der Waals surface area contributed by atoms with Crippen molar-refractivity contribution in [3.63, 3.8) is 0 Å². The average Bonchev–Trinajstić information content (AvgIpc) is 2.84. The van der Waals surface area contributed by atoms with E-state index in [2.05, 4.69) is 31.7 Å². The van der Waals surface area contributed by atoms with Crippen LogP contribution in [0.5, 0.6) is 11.5 Å². The van der Waals surface area contributed by atoms with Gasteiger partial charge in [0.15, 0.2) is 0 Å². The van der Waals surface area contributed by atoms with Crippen LogP contribution in [0, 0.1) is 22.7 Å². The SMILES string of the molecule is C=C1[C@H](O)C[C@@H]2[C@](C)(CCC[C@]2(C)C(=O)OC)[C@H]1CCc1ccc2c(OC)ccc(OC)c2c1. The van der Waals surface area contributed by atoms with Crippen molar-refractivity contribution in [2.75, 3.05) is 21.3 Å². The summed E-state index contributed by atoms with van der Waals surface area (Å²) in [6.07, 6.45) is 4.52. The minimum Gasteiger partial charge on any atom is -0.496 e. The first-order valence-electron chi connectivity index (χ1n) is 12.3. The maximum absolute atomic E-state index is 12.8. The fraction of sp³-hybridized carbons (Fsp3) is 0.552. The largest absolute Gasteiger partial charge is 0.496 e. The molecule has 5 nitrogen and oxygen atoms in total. The van der Waals surface area contributed by atoms with Gasteiger partial charge in [-0.1, -0.05) is 32.1 Å². The second-order valence-corrected chi connectivity index (χ2v) is 10.6. The van der Waals surface area contributed by atoms with Gasteiger partial charge in [-0.2, -0.15) is 0 Å². The minimum atomic E-state index is -0.592. The zero-order valence-electron chi connectivity index (χ0n) is 21.1. The molecule has 4 rings (SSSR count). The summed E-state index contributed by atoms with van der Waals surface area (Å²) in [6.45, 7) is 8.66. The Kier molecular flexibility index (Phi) is 6.69. The zero-order chi connectivity index (χ0) is 24.7. The number of carbonyl (C=O) groups excluding carboxylic acids is 1. The lowest BCUT2D eigenvalue weighted by molar-refractivity contribution is -0.171. The number of methoxy groups -OCH3 is 3. The van der Waals surface area contributed by atoms with Crippen molar-refractivity contribution in [2.24, 2.45) is 22.7 Å². The van der Waals surface area contributed by atoms with E-state index < -0.39 is 11.5 Å². The average molecular weight is 467 g/mol. The van der Waals surface area contributed by atoms with Gasteiger partial charge in [-0.05, 0) is 85.6 Å². The Morgan fingerprint density at radius 2 is 1.74 bits per heavy atom. The van der Waals surface area contributed by atoms with Gasteiger partial charge in [0.1, 0.15) is 11.5 Å². The lowest BCUT2D eigenvalue weighted by Crippen LogP contribution is -2.56. The summed E-state index contributed by atoms with van der Waals surface area (Å²) in [7, 11) is 4.83. The van der Waals surface area contributed by atoms with Crippen molar-refractivity contribution in [1.29, 1.82) is 0 Å². The van der Waals surface area contributed by atoms with E-state index in [0.717, 1.165) is 59.9 Å². The Morgan fingerprint density at radius 1 is 1.06 bits per heavy atom. The smallest absolute Gasteiger partial charge is 0.311 e. The fourth-order valence-electron chi connectivity index (χ4n) is 7.05. The highest BCUT2D eigenvalue weighted by molar-refractivity contribution is 5.93. The van der Waals surface area contributed by atoms with Crippen LogP contribution < -0.4 is 9.47 Å². The van der Waals surface area contributed by atoms with Gasteiger partial charge < -0.3 is 19.3 Å². The van der Waals surface area contributed by atoms with Gasteiger partial charge in [-0.15, -0.1) is 0 Å². The Labute approximate surface area is 203 Å².